The third kappa shape index (κ3) is 5.93. The van der Waals surface area contributed by atoms with E-state index in [1.54, 1.807) is 0 Å². The quantitative estimate of drug-likeness (QED) is 0.738. The summed E-state index contributed by atoms with van der Waals surface area (Å²) >= 11 is 0. The van der Waals surface area contributed by atoms with Gasteiger partial charge in [-0.2, -0.15) is 0 Å². The average Bonchev–Trinajstić information content (AvgIpc) is 2.59. The van der Waals surface area contributed by atoms with Crippen LogP contribution in [0.1, 0.15) is 52.4 Å². The highest BCUT2D eigenvalue weighted by Gasteiger charge is 2.30. The lowest BCUT2D eigenvalue weighted by Gasteiger charge is -2.36. The third-order valence-corrected chi connectivity index (χ3v) is 5.05. The standard InChI is InChI=1S/C18H32O6/c1-13-9-15(22-12-21-13)3-4-16-10-17(24-14(2)23-16)5-6-18-11-19-7-8-20-18/h13-18H,3-12H2,1-2H3. The molecule has 0 N–H and O–H groups in total. The molecular formula is C18H32O6. The van der Waals surface area contributed by atoms with E-state index >= 15 is 0 Å². The van der Waals surface area contributed by atoms with Gasteiger partial charge in [0, 0.05) is 6.42 Å². The molecule has 0 radical (unpaired) electrons. The monoisotopic (exact) mass is 344 g/mol. The van der Waals surface area contributed by atoms with Crippen LogP contribution in [0.5, 0.6) is 0 Å². The van der Waals surface area contributed by atoms with Gasteiger partial charge in [0.1, 0.15) is 6.79 Å². The molecule has 3 fully saturated rings. The van der Waals surface area contributed by atoms with E-state index in [0.29, 0.717) is 32.2 Å². The van der Waals surface area contributed by atoms with Crippen molar-refractivity contribution >= 4 is 0 Å². The molecule has 6 heteroatoms. The van der Waals surface area contributed by atoms with Crippen molar-refractivity contribution in [2.24, 2.45) is 0 Å². The van der Waals surface area contributed by atoms with Crippen LogP contribution in [-0.2, 0) is 28.4 Å². The summed E-state index contributed by atoms with van der Waals surface area (Å²) in [6.45, 7) is 6.66. The van der Waals surface area contributed by atoms with Gasteiger partial charge < -0.3 is 28.4 Å². The van der Waals surface area contributed by atoms with Crippen LogP contribution in [0.2, 0.25) is 0 Å². The Kier molecular flexibility index (Phi) is 7.31. The number of ether oxygens (including phenoxy) is 6. The Morgan fingerprint density at radius 2 is 1.42 bits per heavy atom. The topological polar surface area (TPSA) is 55.4 Å². The molecule has 0 spiro atoms. The Morgan fingerprint density at radius 3 is 2.08 bits per heavy atom. The first kappa shape index (κ1) is 18.5. The molecule has 0 aromatic carbocycles. The Bertz CT molecular complexity index is 359. The lowest BCUT2D eigenvalue weighted by Crippen LogP contribution is -2.39. The molecule has 3 rings (SSSR count). The number of hydrogen-bond acceptors (Lipinski definition) is 6. The maximum absolute atomic E-state index is 5.96. The first-order valence-electron chi connectivity index (χ1n) is 9.42. The Hall–Kier alpha value is -0.240. The second-order valence-electron chi connectivity index (χ2n) is 7.16. The van der Waals surface area contributed by atoms with Crippen molar-refractivity contribution in [2.45, 2.75) is 89.2 Å². The molecule has 0 aliphatic carbocycles. The van der Waals surface area contributed by atoms with E-state index in [1.807, 2.05) is 6.92 Å². The first-order valence-corrected chi connectivity index (χ1v) is 9.42. The van der Waals surface area contributed by atoms with Gasteiger partial charge in [0.2, 0.25) is 0 Å². The highest BCUT2D eigenvalue weighted by molar-refractivity contribution is 4.76. The SMILES string of the molecule is CC1CC(CCC2CC(CCC3COCCO3)OC(C)O2)OCO1. The zero-order chi connectivity index (χ0) is 16.8. The summed E-state index contributed by atoms with van der Waals surface area (Å²) in [4.78, 5) is 0. The molecule has 6 nitrogen and oxygen atoms in total. The Morgan fingerprint density at radius 1 is 0.708 bits per heavy atom. The van der Waals surface area contributed by atoms with Crippen LogP contribution < -0.4 is 0 Å². The zero-order valence-electron chi connectivity index (χ0n) is 15.0. The molecule has 0 aromatic heterocycles. The molecule has 0 aromatic rings. The van der Waals surface area contributed by atoms with Crippen molar-refractivity contribution in [1.29, 1.82) is 0 Å². The molecule has 3 aliphatic rings. The van der Waals surface area contributed by atoms with Crippen LogP contribution in [0.3, 0.4) is 0 Å². The second-order valence-corrected chi connectivity index (χ2v) is 7.16. The van der Waals surface area contributed by atoms with E-state index in [0.717, 1.165) is 45.1 Å². The lowest BCUT2D eigenvalue weighted by atomic mass is 9.97. The molecule has 3 heterocycles. The highest BCUT2D eigenvalue weighted by atomic mass is 16.7. The van der Waals surface area contributed by atoms with Gasteiger partial charge in [-0.25, -0.2) is 0 Å². The van der Waals surface area contributed by atoms with E-state index in [4.69, 9.17) is 28.4 Å². The molecule has 6 unspecified atom stereocenters. The maximum Gasteiger partial charge on any atom is 0.155 e. The maximum atomic E-state index is 5.96. The van der Waals surface area contributed by atoms with Gasteiger partial charge in [-0.3, -0.25) is 0 Å². The molecule has 140 valence electrons. The van der Waals surface area contributed by atoms with Crippen LogP contribution in [0.4, 0.5) is 0 Å². The summed E-state index contributed by atoms with van der Waals surface area (Å²) in [5, 5.41) is 0. The molecule has 6 atom stereocenters. The van der Waals surface area contributed by atoms with Crippen LogP contribution in [0, 0.1) is 0 Å². The second kappa shape index (κ2) is 9.46. The zero-order valence-corrected chi connectivity index (χ0v) is 15.0. The average molecular weight is 344 g/mol. The number of rotatable bonds is 6. The first-order chi connectivity index (χ1) is 11.7. The van der Waals surface area contributed by atoms with E-state index in [-0.39, 0.29) is 24.6 Å². The summed E-state index contributed by atoms with van der Waals surface area (Å²) in [6, 6.07) is 0. The fourth-order valence-corrected chi connectivity index (χ4v) is 3.76. The van der Waals surface area contributed by atoms with Crippen molar-refractivity contribution in [3.8, 4) is 0 Å². The van der Waals surface area contributed by atoms with Crippen LogP contribution >= 0.6 is 0 Å². The van der Waals surface area contributed by atoms with Gasteiger partial charge in [-0.05, 0) is 46.0 Å². The summed E-state index contributed by atoms with van der Waals surface area (Å²) < 4.78 is 34.2. The molecule has 24 heavy (non-hydrogen) atoms. The molecule has 0 saturated carbocycles. The molecule has 3 aliphatic heterocycles. The fraction of sp³-hybridized carbons (Fsp3) is 1.00. The fourth-order valence-electron chi connectivity index (χ4n) is 3.76. The molecule has 0 bridgehead atoms. The van der Waals surface area contributed by atoms with Crippen molar-refractivity contribution in [1.82, 2.24) is 0 Å². The van der Waals surface area contributed by atoms with E-state index in [1.165, 1.54) is 0 Å². The molecule has 3 saturated heterocycles. The van der Waals surface area contributed by atoms with Gasteiger partial charge in [-0.15, -0.1) is 0 Å². The highest BCUT2D eigenvalue weighted by Crippen LogP contribution is 2.27. The summed E-state index contributed by atoms with van der Waals surface area (Å²) in [5.74, 6) is 0. The minimum atomic E-state index is -0.133. The Labute approximate surface area is 145 Å². The minimum Gasteiger partial charge on any atom is -0.376 e. The predicted molar refractivity (Wildman–Crippen MR) is 87.8 cm³/mol. The predicted octanol–water partition coefficient (Wildman–Crippen LogP) is 2.63. The third-order valence-electron chi connectivity index (χ3n) is 5.05. The summed E-state index contributed by atoms with van der Waals surface area (Å²) in [7, 11) is 0. The Balaban J connectivity index is 1.37. The van der Waals surface area contributed by atoms with Crippen LogP contribution in [-0.4, -0.2) is 63.4 Å². The van der Waals surface area contributed by atoms with Gasteiger partial charge >= 0.3 is 0 Å². The van der Waals surface area contributed by atoms with Crippen molar-refractivity contribution < 1.29 is 28.4 Å². The van der Waals surface area contributed by atoms with Gasteiger partial charge in [0.15, 0.2) is 6.29 Å². The van der Waals surface area contributed by atoms with Crippen molar-refractivity contribution in [3.05, 3.63) is 0 Å². The van der Waals surface area contributed by atoms with Gasteiger partial charge in [0.05, 0.1) is 50.3 Å². The minimum absolute atomic E-state index is 0.133. The van der Waals surface area contributed by atoms with Crippen LogP contribution in [0.25, 0.3) is 0 Å². The number of hydrogen-bond donors (Lipinski definition) is 0. The van der Waals surface area contributed by atoms with Crippen LogP contribution in [0.15, 0.2) is 0 Å². The van der Waals surface area contributed by atoms with E-state index in [2.05, 4.69) is 6.92 Å². The van der Waals surface area contributed by atoms with Gasteiger partial charge in [0.25, 0.3) is 0 Å². The smallest absolute Gasteiger partial charge is 0.155 e. The lowest BCUT2D eigenvalue weighted by molar-refractivity contribution is -0.240. The summed E-state index contributed by atoms with van der Waals surface area (Å²) in [5.41, 5.74) is 0. The van der Waals surface area contributed by atoms with E-state index < -0.39 is 0 Å². The molecular weight excluding hydrogens is 312 g/mol. The van der Waals surface area contributed by atoms with Gasteiger partial charge in [-0.1, -0.05) is 0 Å². The van der Waals surface area contributed by atoms with Crippen molar-refractivity contribution in [3.63, 3.8) is 0 Å². The van der Waals surface area contributed by atoms with Crippen molar-refractivity contribution in [2.75, 3.05) is 26.6 Å². The summed E-state index contributed by atoms with van der Waals surface area (Å²) in [6.07, 6.45) is 7.14. The molecule has 0 amide bonds. The van der Waals surface area contributed by atoms with E-state index in [9.17, 15) is 0 Å². The normalized spacial score (nSPS) is 41.2. The largest absolute Gasteiger partial charge is 0.376 e.